The molecule has 4 rings (SSSR count). The highest BCUT2D eigenvalue weighted by Crippen LogP contribution is 2.23. The fourth-order valence-corrected chi connectivity index (χ4v) is 3.77. The van der Waals surface area contributed by atoms with Gasteiger partial charge in [0, 0.05) is 30.4 Å². The average molecular weight is 503 g/mol. The van der Waals surface area contributed by atoms with E-state index >= 15 is 0 Å². The van der Waals surface area contributed by atoms with Crippen molar-refractivity contribution >= 4 is 17.0 Å². The van der Waals surface area contributed by atoms with E-state index in [-0.39, 0.29) is 11.6 Å². The van der Waals surface area contributed by atoms with Gasteiger partial charge in [-0.25, -0.2) is 4.79 Å². The van der Waals surface area contributed by atoms with E-state index in [0.717, 1.165) is 53.9 Å². The number of benzene rings is 2. The van der Waals surface area contributed by atoms with Crippen molar-refractivity contribution in [2.75, 3.05) is 19.6 Å². The average Bonchev–Trinajstić information content (AvgIpc) is 3.30. The van der Waals surface area contributed by atoms with Crippen LogP contribution in [0.4, 0.5) is 0 Å². The Morgan fingerprint density at radius 2 is 1.89 bits per heavy atom. The van der Waals surface area contributed by atoms with Gasteiger partial charge in [-0.2, -0.15) is 4.98 Å². The topological polar surface area (TPSA) is 153 Å². The second-order valence-electron chi connectivity index (χ2n) is 8.90. The number of nitrogens with two attached hydrogens (primary N) is 3. The molecule has 2 aromatic carbocycles. The van der Waals surface area contributed by atoms with Crippen LogP contribution in [0.5, 0.6) is 0 Å². The number of aromatic amines is 1. The van der Waals surface area contributed by atoms with Crippen LogP contribution in [0.25, 0.3) is 28.0 Å². The van der Waals surface area contributed by atoms with Crippen LogP contribution in [-0.4, -0.2) is 40.1 Å². The van der Waals surface area contributed by atoms with Crippen LogP contribution >= 0.6 is 0 Å². The summed E-state index contributed by atoms with van der Waals surface area (Å²) in [6.45, 7) is 7.18. The lowest BCUT2D eigenvalue weighted by atomic mass is 10.1. The molecule has 0 amide bonds. The molecule has 0 aliphatic heterocycles. The van der Waals surface area contributed by atoms with Crippen molar-refractivity contribution in [3.8, 4) is 16.9 Å². The minimum absolute atomic E-state index is 0.120. The van der Waals surface area contributed by atoms with Gasteiger partial charge < -0.3 is 27.5 Å². The minimum atomic E-state index is -0.319. The van der Waals surface area contributed by atoms with Crippen LogP contribution in [0.2, 0.25) is 0 Å². The number of H-pyrrole nitrogens is 1. The summed E-state index contributed by atoms with van der Waals surface area (Å²) in [5.74, 6) is 0.120. The molecule has 196 valence electrons. The summed E-state index contributed by atoms with van der Waals surface area (Å²) in [4.78, 5) is 24.1. The van der Waals surface area contributed by atoms with E-state index < -0.39 is 0 Å². The van der Waals surface area contributed by atoms with Crippen molar-refractivity contribution in [3.63, 3.8) is 0 Å². The molecular weight excluding hydrogens is 464 g/mol. The molecule has 0 bridgehead atoms. The van der Waals surface area contributed by atoms with E-state index in [1.54, 1.807) is 4.57 Å². The summed E-state index contributed by atoms with van der Waals surface area (Å²) in [6, 6.07) is 18.1. The van der Waals surface area contributed by atoms with Crippen molar-refractivity contribution in [2.45, 2.75) is 39.7 Å². The highest BCUT2D eigenvalue weighted by molar-refractivity contribution is 5.82. The lowest BCUT2D eigenvalue weighted by Crippen LogP contribution is -2.23. The summed E-state index contributed by atoms with van der Waals surface area (Å²) < 4.78 is 1.57. The molecule has 0 radical (unpaired) electrons. The SMILES string of the molecule is CCCCN.Cc1cccc(-c2cc3cn(-c4ccc(CNCCCN=C(N)N)cc4)c(=O)nc3[nH]2)c1. The molecule has 2 heterocycles. The number of aromatic nitrogens is 3. The second-order valence-corrected chi connectivity index (χ2v) is 8.90. The number of fused-ring (bicyclic) bond motifs is 1. The fourth-order valence-electron chi connectivity index (χ4n) is 3.77. The molecule has 0 aliphatic rings. The molecule has 2 aromatic heterocycles. The molecule has 0 unspecified atom stereocenters. The monoisotopic (exact) mass is 502 g/mol. The Bertz CT molecular complexity index is 1350. The van der Waals surface area contributed by atoms with Crippen LogP contribution in [0.15, 0.2) is 70.6 Å². The zero-order valence-corrected chi connectivity index (χ0v) is 21.7. The largest absolute Gasteiger partial charge is 0.370 e. The molecule has 9 heteroatoms. The van der Waals surface area contributed by atoms with Gasteiger partial charge in [-0.15, -0.1) is 0 Å². The molecule has 8 N–H and O–H groups in total. The predicted molar refractivity (Wildman–Crippen MR) is 153 cm³/mol. The third-order valence-corrected chi connectivity index (χ3v) is 5.74. The summed E-state index contributed by atoms with van der Waals surface area (Å²) >= 11 is 0. The zero-order chi connectivity index (χ0) is 26.6. The Morgan fingerprint density at radius 3 is 2.54 bits per heavy atom. The molecule has 0 spiro atoms. The number of nitrogens with zero attached hydrogens (tertiary/aromatic N) is 3. The van der Waals surface area contributed by atoms with Crippen molar-refractivity contribution in [2.24, 2.45) is 22.2 Å². The van der Waals surface area contributed by atoms with Gasteiger partial charge in [0.15, 0.2) is 5.96 Å². The maximum Gasteiger partial charge on any atom is 0.354 e. The first-order valence-corrected chi connectivity index (χ1v) is 12.7. The molecule has 37 heavy (non-hydrogen) atoms. The minimum Gasteiger partial charge on any atom is -0.370 e. The molecule has 4 aromatic rings. The van der Waals surface area contributed by atoms with Crippen molar-refractivity contribution in [1.29, 1.82) is 0 Å². The Balaban J connectivity index is 0.000000695. The van der Waals surface area contributed by atoms with Gasteiger partial charge >= 0.3 is 5.69 Å². The number of unbranched alkanes of at least 4 members (excludes halogenated alkanes) is 1. The van der Waals surface area contributed by atoms with Gasteiger partial charge in [0.05, 0.1) is 5.69 Å². The molecular formula is C28H38N8O. The summed E-state index contributed by atoms with van der Waals surface area (Å²) in [5, 5.41) is 4.24. The first kappa shape index (κ1) is 27.6. The second kappa shape index (κ2) is 14.0. The predicted octanol–water partition coefficient (Wildman–Crippen LogP) is 3.19. The molecule has 9 nitrogen and oxygen atoms in total. The van der Waals surface area contributed by atoms with Crippen LogP contribution in [0.1, 0.15) is 37.3 Å². The number of aliphatic imine (C=N–C) groups is 1. The number of nitrogens with one attached hydrogen (secondary N) is 2. The Morgan fingerprint density at radius 1 is 1.11 bits per heavy atom. The van der Waals surface area contributed by atoms with Gasteiger partial charge in [0.25, 0.3) is 0 Å². The van der Waals surface area contributed by atoms with E-state index in [1.807, 2.05) is 48.7 Å². The summed E-state index contributed by atoms with van der Waals surface area (Å²) in [6.07, 6.45) is 5.08. The van der Waals surface area contributed by atoms with Crippen LogP contribution in [0, 0.1) is 6.92 Å². The standard InChI is InChI=1S/C24H27N7O.C4H11N/c1-16-4-2-5-18(12-16)21-13-19-15-31(24(32)30-22(19)29-21)20-8-6-17(7-9-20)14-27-10-3-11-28-23(25)26;1-2-3-4-5/h2,4-9,12-13,15,27H,3,10-11,14H2,1H3,(H4,25,26,28)(H,29,30,32);2-5H2,1H3. The summed E-state index contributed by atoms with van der Waals surface area (Å²) in [5.41, 5.74) is 21.1. The molecule has 0 atom stereocenters. The third-order valence-electron chi connectivity index (χ3n) is 5.74. The van der Waals surface area contributed by atoms with E-state index in [0.29, 0.717) is 12.2 Å². The van der Waals surface area contributed by atoms with Gasteiger partial charge in [-0.1, -0.05) is 49.2 Å². The quantitative estimate of drug-likeness (QED) is 0.127. The third kappa shape index (κ3) is 8.30. The Hall–Kier alpha value is -3.95. The fraction of sp³-hybridized carbons (Fsp3) is 0.321. The Labute approximate surface area is 217 Å². The van der Waals surface area contributed by atoms with E-state index in [4.69, 9.17) is 17.2 Å². The van der Waals surface area contributed by atoms with E-state index in [1.165, 1.54) is 18.4 Å². The van der Waals surface area contributed by atoms with Gasteiger partial charge in [0.2, 0.25) is 0 Å². The zero-order valence-electron chi connectivity index (χ0n) is 21.7. The van der Waals surface area contributed by atoms with E-state index in [9.17, 15) is 4.79 Å². The van der Waals surface area contributed by atoms with Crippen molar-refractivity contribution < 1.29 is 0 Å². The lowest BCUT2D eigenvalue weighted by Gasteiger charge is -2.08. The number of hydrogen-bond acceptors (Lipinski definition) is 5. The smallest absolute Gasteiger partial charge is 0.354 e. The van der Waals surface area contributed by atoms with Crippen LogP contribution in [-0.2, 0) is 6.54 Å². The maximum atomic E-state index is 12.6. The van der Waals surface area contributed by atoms with Gasteiger partial charge in [-0.3, -0.25) is 9.56 Å². The number of rotatable bonds is 10. The first-order valence-electron chi connectivity index (χ1n) is 12.7. The van der Waals surface area contributed by atoms with Crippen LogP contribution in [0.3, 0.4) is 0 Å². The van der Waals surface area contributed by atoms with Crippen LogP contribution < -0.4 is 28.2 Å². The summed E-state index contributed by atoms with van der Waals surface area (Å²) in [7, 11) is 0. The first-order chi connectivity index (χ1) is 17.9. The van der Waals surface area contributed by atoms with Gasteiger partial charge in [-0.05, 0) is 68.2 Å². The molecule has 0 saturated heterocycles. The molecule has 0 saturated carbocycles. The lowest BCUT2D eigenvalue weighted by molar-refractivity contribution is 0.655. The van der Waals surface area contributed by atoms with Crippen molar-refractivity contribution in [1.82, 2.24) is 19.9 Å². The number of hydrogen-bond donors (Lipinski definition) is 5. The molecule has 0 aliphatic carbocycles. The Kier molecular flexibility index (Phi) is 10.4. The number of guanidine groups is 1. The van der Waals surface area contributed by atoms with E-state index in [2.05, 4.69) is 46.3 Å². The van der Waals surface area contributed by atoms with Crippen molar-refractivity contribution in [3.05, 3.63) is 82.4 Å². The normalized spacial score (nSPS) is 10.7. The maximum absolute atomic E-state index is 12.6. The number of aryl methyl sites for hydroxylation is 1. The molecule has 0 fully saturated rings. The highest BCUT2D eigenvalue weighted by Gasteiger charge is 2.09. The highest BCUT2D eigenvalue weighted by atomic mass is 16.1. The van der Waals surface area contributed by atoms with Gasteiger partial charge in [0.1, 0.15) is 5.65 Å².